The van der Waals surface area contributed by atoms with Gasteiger partial charge in [-0.2, -0.15) is 0 Å². The topological polar surface area (TPSA) is 57.3 Å². The first kappa shape index (κ1) is 15.8. The van der Waals surface area contributed by atoms with Crippen LogP contribution in [0.4, 0.5) is 5.69 Å². The second-order valence-corrected chi connectivity index (χ2v) is 5.61. The van der Waals surface area contributed by atoms with Crippen molar-refractivity contribution in [3.05, 3.63) is 24.0 Å². The molecule has 1 amide bonds. The molecule has 1 atom stereocenters. The van der Waals surface area contributed by atoms with E-state index in [1.165, 1.54) is 19.3 Å². The van der Waals surface area contributed by atoms with Crippen LogP contribution in [0.25, 0.3) is 0 Å². The maximum Gasteiger partial charge on any atom is 0.255 e. The molecule has 2 heterocycles. The molecular formula is C16H26N4O. The van der Waals surface area contributed by atoms with E-state index in [9.17, 15) is 4.79 Å². The zero-order valence-electron chi connectivity index (χ0n) is 13.1. The van der Waals surface area contributed by atoms with E-state index in [0.717, 1.165) is 25.3 Å². The van der Waals surface area contributed by atoms with Crippen LogP contribution in [-0.4, -0.2) is 48.0 Å². The van der Waals surface area contributed by atoms with Crippen LogP contribution in [0, 0.1) is 0 Å². The molecule has 1 aromatic heterocycles. The summed E-state index contributed by atoms with van der Waals surface area (Å²) in [5.41, 5.74) is 1.46. The Bertz CT molecular complexity index is 457. The van der Waals surface area contributed by atoms with Crippen molar-refractivity contribution in [1.82, 2.24) is 15.2 Å². The summed E-state index contributed by atoms with van der Waals surface area (Å²) >= 11 is 0. The van der Waals surface area contributed by atoms with Gasteiger partial charge >= 0.3 is 0 Å². The molecule has 1 fully saturated rings. The molecule has 116 valence electrons. The Morgan fingerprint density at radius 3 is 2.86 bits per heavy atom. The number of piperidine rings is 1. The number of pyridine rings is 1. The first-order valence-corrected chi connectivity index (χ1v) is 7.92. The van der Waals surface area contributed by atoms with Crippen molar-refractivity contribution in [2.45, 2.75) is 39.2 Å². The molecular weight excluding hydrogens is 264 g/mol. The van der Waals surface area contributed by atoms with E-state index in [1.807, 2.05) is 13.0 Å². The summed E-state index contributed by atoms with van der Waals surface area (Å²) in [4.78, 5) is 18.8. The van der Waals surface area contributed by atoms with Gasteiger partial charge in [-0.3, -0.25) is 14.7 Å². The van der Waals surface area contributed by atoms with Gasteiger partial charge in [-0.1, -0.05) is 6.42 Å². The fraction of sp³-hybridized carbons (Fsp3) is 0.625. The standard InChI is InChI=1S/C16H26N4O/c1-3-18-15-7-8-17-12-14(15)16(21)19-11-13(2)20-9-5-4-6-10-20/h7-8,12-13H,3-6,9-11H2,1-2H3,(H,17,18)(H,19,21). The number of amides is 1. The highest BCUT2D eigenvalue weighted by molar-refractivity contribution is 5.99. The minimum atomic E-state index is -0.0529. The van der Waals surface area contributed by atoms with Crippen molar-refractivity contribution in [3.8, 4) is 0 Å². The van der Waals surface area contributed by atoms with E-state index in [1.54, 1.807) is 12.4 Å². The molecule has 0 bridgehead atoms. The Balaban J connectivity index is 1.89. The third-order valence-corrected chi connectivity index (χ3v) is 4.00. The zero-order chi connectivity index (χ0) is 15.1. The smallest absolute Gasteiger partial charge is 0.255 e. The Morgan fingerprint density at radius 2 is 2.14 bits per heavy atom. The number of carbonyl (C=O) groups is 1. The molecule has 1 aliphatic heterocycles. The van der Waals surface area contributed by atoms with Gasteiger partial charge in [0.15, 0.2) is 0 Å². The Morgan fingerprint density at radius 1 is 1.38 bits per heavy atom. The lowest BCUT2D eigenvalue weighted by molar-refractivity contribution is 0.0930. The monoisotopic (exact) mass is 290 g/mol. The van der Waals surface area contributed by atoms with Crippen LogP contribution in [0.1, 0.15) is 43.5 Å². The summed E-state index contributed by atoms with van der Waals surface area (Å²) < 4.78 is 0. The van der Waals surface area contributed by atoms with E-state index in [4.69, 9.17) is 0 Å². The highest BCUT2D eigenvalue weighted by Gasteiger charge is 2.18. The second kappa shape index (κ2) is 7.98. The molecule has 0 radical (unpaired) electrons. The van der Waals surface area contributed by atoms with Gasteiger partial charge in [0, 0.05) is 31.5 Å². The largest absolute Gasteiger partial charge is 0.385 e. The molecule has 2 N–H and O–H groups in total. The molecule has 0 saturated carbocycles. The Hall–Kier alpha value is -1.62. The molecule has 0 aliphatic carbocycles. The average molecular weight is 290 g/mol. The number of anilines is 1. The third kappa shape index (κ3) is 4.43. The fourth-order valence-corrected chi connectivity index (χ4v) is 2.74. The number of carbonyl (C=O) groups excluding carboxylic acids is 1. The first-order valence-electron chi connectivity index (χ1n) is 7.92. The van der Waals surface area contributed by atoms with Crippen LogP contribution < -0.4 is 10.6 Å². The first-order chi connectivity index (χ1) is 10.2. The Labute approximate surface area is 127 Å². The number of likely N-dealkylation sites (tertiary alicyclic amines) is 1. The number of hydrogen-bond donors (Lipinski definition) is 2. The zero-order valence-corrected chi connectivity index (χ0v) is 13.1. The summed E-state index contributed by atoms with van der Waals surface area (Å²) in [5.74, 6) is -0.0529. The molecule has 1 saturated heterocycles. The average Bonchev–Trinajstić information content (AvgIpc) is 2.54. The maximum atomic E-state index is 12.3. The number of nitrogens with zero attached hydrogens (tertiary/aromatic N) is 2. The maximum absolute atomic E-state index is 12.3. The highest BCUT2D eigenvalue weighted by Crippen LogP contribution is 2.14. The number of rotatable bonds is 6. The summed E-state index contributed by atoms with van der Waals surface area (Å²) in [6.45, 7) is 7.95. The molecule has 5 heteroatoms. The number of nitrogens with one attached hydrogen (secondary N) is 2. The molecule has 1 aromatic rings. The van der Waals surface area contributed by atoms with Gasteiger partial charge in [0.05, 0.1) is 11.3 Å². The summed E-state index contributed by atoms with van der Waals surface area (Å²) in [6.07, 6.45) is 7.19. The second-order valence-electron chi connectivity index (χ2n) is 5.61. The van der Waals surface area contributed by atoms with Crippen LogP contribution in [0.2, 0.25) is 0 Å². The van der Waals surface area contributed by atoms with Crippen LogP contribution in [0.15, 0.2) is 18.5 Å². The van der Waals surface area contributed by atoms with Gasteiger partial charge in [0.2, 0.25) is 0 Å². The predicted octanol–water partition coefficient (Wildman–Crippen LogP) is 2.12. The summed E-state index contributed by atoms with van der Waals surface area (Å²) in [6, 6.07) is 2.22. The van der Waals surface area contributed by atoms with Gasteiger partial charge in [-0.05, 0) is 45.8 Å². The highest BCUT2D eigenvalue weighted by atomic mass is 16.1. The summed E-state index contributed by atoms with van der Waals surface area (Å²) in [7, 11) is 0. The van der Waals surface area contributed by atoms with Crippen molar-refractivity contribution >= 4 is 11.6 Å². The van der Waals surface area contributed by atoms with Gasteiger partial charge in [0.1, 0.15) is 0 Å². The Kier molecular flexibility index (Phi) is 5.99. The van der Waals surface area contributed by atoms with Crippen molar-refractivity contribution in [2.24, 2.45) is 0 Å². The van der Waals surface area contributed by atoms with Crippen LogP contribution in [0.3, 0.4) is 0 Å². The van der Waals surface area contributed by atoms with Crippen LogP contribution in [0.5, 0.6) is 0 Å². The lowest BCUT2D eigenvalue weighted by atomic mass is 10.1. The van der Waals surface area contributed by atoms with Gasteiger partial charge in [0.25, 0.3) is 5.91 Å². The van der Waals surface area contributed by atoms with Crippen molar-refractivity contribution in [3.63, 3.8) is 0 Å². The molecule has 5 nitrogen and oxygen atoms in total. The van der Waals surface area contributed by atoms with E-state index in [2.05, 4.69) is 27.4 Å². The van der Waals surface area contributed by atoms with E-state index in [-0.39, 0.29) is 5.91 Å². The molecule has 1 unspecified atom stereocenters. The molecule has 2 rings (SSSR count). The lowest BCUT2D eigenvalue weighted by Crippen LogP contribution is -2.44. The number of aromatic nitrogens is 1. The normalized spacial score (nSPS) is 17.2. The van der Waals surface area contributed by atoms with Crippen molar-refractivity contribution in [1.29, 1.82) is 0 Å². The van der Waals surface area contributed by atoms with E-state index >= 15 is 0 Å². The van der Waals surface area contributed by atoms with Crippen LogP contribution in [-0.2, 0) is 0 Å². The predicted molar refractivity (Wildman–Crippen MR) is 85.6 cm³/mol. The lowest BCUT2D eigenvalue weighted by Gasteiger charge is -2.32. The van der Waals surface area contributed by atoms with E-state index < -0.39 is 0 Å². The quantitative estimate of drug-likeness (QED) is 0.842. The van der Waals surface area contributed by atoms with Crippen molar-refractivity contribution in [2.75, 3.05) is 31.5 Å². The molecule has 21 heavy (non-hydrogen) atoms. The van der Waals surface area contributed by atoms with E-state index in [0.29, 0.717) is 18.2 Å². The minimum Gasteiger partial charge on any atom is -0.385 e. The third-order valence-electron chi connectivity index (χ3n) is 4.00. The van der Waals surface area contributed by atoms with Crippen molar-refractivity contribution < 1.29 is 4.79 Å². The van der Waals surface area contributed by atoms with Crippen LogP contribution >= 0.6 is 0 Å². The number of hydrogen-bond acceptors (Lipinski definition) is 4. The summed E-state index contributed by atoms with van der Waals surface area (Å²) in [5, 5.41) is 6.23. The minimum absolute atomic E-state index is 0.0529. The molecule has 0 spiro atoms. The van der Waals surface area contributed by atoms with Gasteiger partial charge in [-0.15, -0.1) is 0 Å². The molecule has 1 aliphatic rings. The fourth-order valence-electron chi connectivity index (χ4n) is 2.74. The van der Waals surface area contributed by atoms with Gasteiger partial charge < -0.3 is 10.6 Å². The van der Waals surface area contributed by atoms with Gasteiger partial charge in [-0.25, -0.2) is 0 Å². The molecule has 0 aromatic carbocycles. The SMILES string of the molecule is CCNc1ccncc1C(=O)NCC(C)N1CCCCC1.